The van der Waals surface area contributed by atoms with Gasteiger partial charge >= 0.3 is 0 Å². The summed E-state index contributed by atoms with van der Waals surface area (Å²) in [5.41, 5.74) is 2.30. The molecule has 0 aliphatic rings. The zero-order valence-corrected chi connectivity index (χ0v) is 16.0. The number of para-hydroxylation sites is 2. The topological polar surface area (TPSA) is 75.3 Å². The second kappa shape index (κ2) is 7.82. The SMILES string of the molecule is Cc1ccccc1NC(=O)c1ccc(S(=O)(=O)Nc2ccccc2Cl)cc1. The molecule has 0 aromatic heterocycles. The summed E-state index contributed by atoms with van der Waals surface area (Å²) in [5, 5.41) is 3.11. The molecule has 0 heterocycles. The Morgan fingerprint density at radius 1 is 0.852 bits per heavy atom. The van der Waals surface area contributed by atoms with Crippen LogP contribution in [0, 0.1) is 6.92 Å². The quantitative estimate of drug-likeness (QED) is 0.651. The first-order valence-electron chi connectivity index (χ1n) is 8.11. The summed E-state index contributed by atoms with van der Waals surface area (Å²) in [6, 6.07) is 19.7. The molecule has 7 heteroatoms. The number of anilines is 2. The van der Waals surface area contributed by atoms with Crippen molar-refractivity contribution < 1.29 is 13.2 Å². The van der Waals surface area contributed by atoms with E-state index in [0.29, 0.717) is 22.0 Å². The van der Waals surface area contributed by atoms with Crippen molar-refractivity contribution >= 4 is 38.9 Å². The van der Waals surface area contributed by atoms with Crippen molar-refractivity contribution in [2.45, 2.75) is 11.8 Å². The lowest BCUT2D eigenvalue weighted by Crippen LogP contribution is -2.15. The van der Waals surface area contributed by atoms with Gasteiger partial charge < -0.3 is 5.32 Å². The first-order valence-corrected chi connectivity index (χ1v) is 9.97. The summed E-state index contributed by atoms with van der Waals surface area (Å²) in [5.74, 6) is -0.313. The minimum absolute atomic E-state index is 0.0369. The van der Waals surface area contributed by atoms with Crippen LogP contribution in [-0.2, 0) is 10.0 Å². The molecule has 0 bridgehead atoms. The largest absolute Gasteiger partial charge is 0.322 e. The second-order valence-corrected chi connectivity index (χ2v) is 7.97. The van der Waals surface area contributed by atoms with Gasteiger partial charge in [0.2, 0.25) is 0 Å². The maximum absolute atomic E-state index is 12.5. The van der Waals surface area contributed by atoms with Crippen LogP contribution in [0.25, 0.3) is 0 Å². The van der Waals surface area contributed by atoms with Gasteiger partial charge in [-0.3, -0.25) is 9.52 Å². The van der Waals surface area contributed by atoms with Crippen molar-refractivity contribution in [3.05, 3.63) is 88.9 Å². The molecule has 27 heavy (non-hydrogen) atoms. The van der Waals surface area contributed by atoms with E-state index in [1.54, 1.807) is 30.3 Å². The number of hydrogen-bond acceptors (Lipinski definition) is 3. The molecule has 138 valence electrons. The van der Waals surface area contributed by atoms with E-state index in [-0.39, 0.29) is 10.8 Å². The summed E-state index contributed by atoms with van der Waals surface area (Å²) in [7, 11) is -3.81. The highest BCUT2D eigenvalue weighted by molar-refractivity contribution is 7.92. The van der Waals surface area contributed by atoms with Gasteiger partial charge in [-0.25, -0.2) is 8.42 Å². The fourth-order valence-corrected chi connectivity index (χ4v) is 3.76. The standard InChI is InChI=1S/C20H17ClN2O3S/c1-14-6-2-4-8-18(14)22-20(24)15-10-12-16(13-11-15)27(25,26)23-19-9-5-3-7-17(19)21/h2-13,23H,1H3,(H,22,24). The third-order valence-corrected chi connectivity index (χ3v) is 5.65. The van der Waals surface area contributed by atoms with Crippen LogP contribution in [0.5, 0.6) is 0 Å². The van der Waals surface area contributed by atoms with Crippen LogP contribution in [-0.4, -0.2) is 14.3 Å². The molecule has 0 aliphatic heterocycles. The zero-order chi connectivity index (χ0) is 19.4. The molecule has 0 aliphatic carbocycles. The molecule has 0 saturated heterocycles. The van der Waals surface area contributed by atoms with E-state index < -0.39 is 10.0 Å². The normalized spacial score (nSPS) is 11.0. The Labute approximate surface area is 163 Å². The number of benzene rings is 3. The van der Waals surface area contributed by atoms with Crippen LogP contribution >= 0.6 is 11.6 Å². The van der Waals surface area contributed by atoms with E-state index in [1.807, 2.05) is 25.1 Å². The Morgan fingerprint density at radius 3 is 2.07 bits per heavy atom. The van der Waals surface area contributed by atoms with Crippen molar-refractivity contribution in [3.63, 3.8) is 0 Å². The van der Waals surface area contributed by atoms with Crippen LogP contribution in [0.1, 0.15) is 15.9 Å². The number of sulfonamides is 1. The molecule has 2 N–H and O–H groups in total. The molecule has 0 atom stereocenters. The van der Waals surface area contributed by atoms with Crippen LogP contribution in [0.15, 0.2) is 77.7 Å². The van der Waals surface area contributed by atoms with E-state index in [4.69, 9.17) is 11.6 Å². The van der Waals surface area contributed by atoms with Crippen LogP contribution in [0.2, 0.25) is 5.02 Å². The molecule has 0 saturated carbocycles. The number of carbonyl (C=O) groups excluding carboxylic acids is 1. The van der Waals surface area contributed by atoms with Crippen molar-refractivity contribution in [2.24, 2.45) is 0 Å². The summed E-state index contributed by atoms with van der Waals surface area (Å²) in [4.78, 5) is 12.4. The summed E-state index contributed by atoms with van der Waals surface area (Å²) < 4.78 is 27.4. The molecular weight excluding hydrogens is 384 g/mol. The van der Waals surface area contributed by atoms with E-state index in [9.17, 15) is 13.2 Å². The first-order chi connectivity index (χ1) is 12.9. The number of rotatable bonds is 5. The average Bonchev–Trinajstić information content (AvgIpc) is 2.65. The van der Waals surface area contributed by atoms with Gasteiger partial charge in [-0.2, -0.15) is 0 Å². The zero-order valence-electron chi connectivity index (χ0n) is 14.4. The first kappa shape index (κ1) is 18.9. The van der Waals surface area contributed by atoms with E-state index in [2.05, 4.69) is 10.0 Å². The predicted octanol–water partition coefficient (Wildman–Crippen LogP) is 4.70. The molecule has 0 spiro atoms. The number of amides is 1. The average molecular weight is 401 g/mol. The molecule has 3 aromatic carbocycles. The fourth-order valence-electron chi connectivity index (χ4n) is 2.44. The molecular formula is C20H17ClN2O3S. The maximum atomic E-state index is 12.5. The van der Waals surface area contributed by atoms with Gasteiger partial charge in [-0.05, 0) is 55.0 Å². The second-order valence-electron chi connectivity index (χ2n) is 5.88. The van der Waals surface area contributed by atoms with Crippen molar-refractivity contribution in [2.75, 3.05) is 10.0 Å². The van der Waals surface area contributed by atoms with Gasteiger partial charge in [0.25, 0.3) is 15.9 Å². The van der Waals surface area contributed by atoms with E-state index in [0.717, 1.165) is 5.56 Å². The van der Waals surface area contributed by atoms with Crippen molar-refractivity contribution in [1.82, 2.24) is 0 Å². The highest BCUT2D eigenvalue weighted by Gasteiger charge is 2.16. The number of nitrogens with one attached hydrogen (secondary N) is 2. The highest BCUT2D eigenvalue weighted by Crippen LogP contribution is 2.24. The Morgan fingerprint density at radius 2 is 1.44 bits per heavy atom. The third kappa shape index (κ3) is 4.48. The molecule has 0 unspecified atom stereocenters. The van der Waals surface area contributed by atoms with Gasteiger partial charge in [0.15, 0.2) is 0 Å². The molecule has 0 fully saturated rings. The number of hydrogen-bond donors (Lipinski definition) is 2. The van der Waals surface area contributed by atoms with E-state index >= 15 is 0 Å². The van der Waals surface area contributed by atoms with Crippen LogP contribution in [0.4, 0.5) is 11.4 Å². The van der Waals surface area contributed by atoms with Gasteiger partial charge in [0.1, 0.15) is 0 Å². The maximum Gasteiger partial charge on any atom is 0.261 e. The lowest BCUT2D eigenvalue weighted by molar-refractivity contribution is 0.102. The molecule has 5 nitrogen and oxygen atoms in total. The predicted molar refractivity (Wildman–Crippen MR) is 108 cm³/mol. The highest BCUT2D eigenvalue weighted by atomic mass is 35.5. The Kier molecular flexibility index (Phi) is 5.48. The smallest absolute Gasteiger partial charge is 0.261 e. The van der Waals surface area contributed by atoms with Crippen LogP contribution < -0.4 is 10.0 Å². The van der Waals surface area contributed by atoms with Gasteiger partial charge in [-0.15, -0.1) is 0 Å². The molecule has 3 rings (SSSR count). The minimum Gasteiger partial charge on any atom is -0.322 e. The summed E-state index contributed by atoms with van der Waals surface area (Å²) in [6.45, 7) is 1.89. The minimum atomic E-state index is -3.81. The third-order valence-electron chi connectivity index (χ3n) is 3.94. The van der Waals surface area contributed by atoms with Crippen molar-refractivity contribution in [1.29, 1.82) is 0 Å². The Bertz CT molecular complexity index is 1080. The summed E-state index contributed by atoms with van der Waals surface area (Å²) in [6.07, 6.45) is 0. The molecule has 0 radical (unpaired) electrons. The Balaban J connectivity index is 1.77. The number of carbonyl (C=O) groups is 1. The van der Waals surface area contributed by atoms with Crippen molar-refractivity contribution in [3.8, 4) is 0 Å². The van der Waals surface area contributed by atoms with Crippen LogP contribution in [0.3, 0.4) is 0 Å². The lowest BCUT2D eigenvalue weighted by Gasteiger charge is -2.11. The monoisotopic (exact) mass is 400 g/mol. The molecule has 3 aromatic rings. The van der Waals surface area contributed by atoms with E-state index in [1.165, 1.54) is 24.3 Å². The number of halogens is 1. The Hall–Kier alpha value is -2.83. The number of aryl methyl sites for hydroxylation is 1. The van der Waals surface area contributed by atoms with Gasteiger partial charge in [0.05, 0.1) is 15.6 Å². The van der Waals surface area contributed by atoms with Gasteiger partial charge in [-0.1, -0.05) is 41.9 Å². The lowest BCUT2D eigenvalue weighted by atomic mass is 10.1. The summed E-state index contributed by atoms with van der Waals surface area (Å²) >= 11 is 5.99. The van der Waals surface area contributed by atoms with Gasteiger partial charge in [0, 0.05) is 11.3 Å². The fraction of sp³-hybridized carbons (Fsp3) is 0.0500. The molecule has 1 amide bonds.